The smallest absolute Gasteiger partial charge is 0.378 e. The standard InChI is InChI=1S/C48H22B2.3C18H36N2O6.3K/c1-2-14-28-27(13-1)39-31-17-5-9-23-21-25-11-7-19-33-37(25)43(35(23)31)49-45(39)46-40(28)32-18-6-10-24-22-26-12-8-20-34-38(26)44(36(24)32)50(46)48-42(34)30-16-4-3-15-29(30)41(33)47(48)49;3*1-7-21-13-14-24-10-4-20-5-11-25-17-15-22-8-2-19(1)3-9-23-16-18-26-12-6-20;;;/h1-22H;3*1-18H2;;;/q;;;;;;+1/p+2. The van der Waals surface area contributed by atoms with Crippen molar-refractivity contribution in [2.45, 2.75) is 0 Å². The summed E-state index contributed by atoms with van der Waals surface area (Å²) in [5, 5.41) is 16.8. The van der Waals surface area contributed by atoms with Crippen molar-refractivity contribution >= 4 is 214 Å². The molecule has 24 nitrogen and oxygen atoms in total. The molecule has 131 heavy (non-hydrogen) atoms. The van der Waals surface area contributed by atoms with E-state index in [0.717, 1.165) is 157 Å². The summed E-state index contributed by atoms with van der Waals surface area (Å²) >= 11 is 0. The summed E-state index contributed by atoms with van der Waals surface area (Å²) in [6.07, 6.45) is 0. The van der Waals surface area contributed by atoms with Crippen LogP contribution in [0.2, 0.25) is 0 Å². The van der Waals surface area contributed by atoms with Crippen LogP contribution < -0.4 is 94.0 Å². The molecule has 0 aliphatic carbocycles. The van der Waals surface area contributed by atoms with E-state index >= 15 is 0 Å². The van der Waals surface area contributed by atoms with Gasteiger partial charge in [-0.3, -0.25) is 19.6 Å². The van der Waals surface area contributed by atoms with Gasteiger partial charge in [-0.05, 0) is 111 Å². The molecule has 0 spiro atoms. The molecule has 10 aromatic carbocycles. The first-order valence-electron chi connectivity index (χ1n) is 47.8. The van der Waals surface area contributed by atoms with Gasteiger partial charge in [-0.25, -0.2) is 0 Å². The van der Waals surface area contributed by atoms with E-state index in [-0.39, 0.29) is 168 Å². The van der Waals surface area contributed by atoms with Crippen molar-refractivity contribution in [3.05, 3.63) is 133 Å². The van der Waals surface area contributed by atoms with Crippen molar-refractivity contribution in [2.24, 2.45) is 0 Å². The minimum atomic E-state index is 0. The zero-order valence-electron chi connectivity index (χ0n) is 78.2. The van der Waals surface area contributed by atoms with E-state index in [1.54, 1.807) is 21.9 Å². The van der Waals surface area contributed by atoms with Crippen LogP contribution in [0.5, 0.6) is 0 Å². The first-order valence-corrected chi connectivity index (χ1v) is 47.8. The summed E-state index contributed by atoms with van der Waals surface area (Å²) in [5.74, 6) is 0. The normalized spacial score (nSPS) is 23.6. The Morgan fingerprint density at radius 2 is 0.473 bits per heavy atom. The van der Waals surface area contributed by atoms with Gasteiger partial charge in [-0.15, -0.1) is 0 Å². The fraction of sp³-hybridized carbons (Fsp3) is 0.529. The fourth-order valence-electron chi connectivity index (χ4n) is 20.8. The number of quaternary nitrogens is 2. The van der Waals surface area contributed by atoms with Gasteiger partial charge in [-0.1, -0.05) is 132 Å². The van der Waals surface area contributed by atoms with Gasteiger partial charge in [0.2, 0.25) is 6.71 Å². The second-order valence-electron chi connectivity index (χ2n) is 34.7. The van der Waals surface area contributed by atoms with Crippen LogP contribution in [0.4, 0.5) is 0 Å². The largest absolute Gasteiger partial charge is 1.00 e. The molecule has 0 aromatic heterocycles. The molecular formula is C102H132B2K3N6O18+3. The predicted molar refractivity (Wildman–Crippen MR) is 519 cm³/mol. The van der Waals surface area contributed by atoms with E-state index in [4.69, 9.17) is 85.3 Å². The second kappa shape index (κ2) is 54.7. The molecule has 29 heteroatoms. The molecule has 9 saturated heterocycles. The van der Waals surface area contributed by atoms with Gasteiger partial charge in [0.15, 0.2) is 0 Å². The Hall–Kier alpha value is -2.16. The number of hydrogen-bond acceptors (Lipinski definition) is 22. The number of hydrogen-bond donors (Lipinski definition) is 2. The zero-order valence-corrected chi connectivity index (χ0v) is 87.5. The van der Waals surface area contributed by atoms with E-state index in [9.17, 15) is 0 Å². The van der Waals surface area contributed by atoms with Crippen molar-refractivity contribution in [3.63, 3.8) is 0 Å². The Morgan fingerprint density at radius 1 is 0.244 bits per heavy atom. The third-order valence-corrected chi connectivity index (χ3v) is 27.1. The fourth-order valence-corrected chi connectivity index (χ4v) is 20.8. The average Bonchev–Trinajstić information content (AvgIpc) is 0.640. The monoisotopic (exact) mass is 1870 g/mol. The summed E-state index contributed by atoms with van der Waals surface area (Å²) < 4.78 is 103. The Bertz CT molecular complexity index is 4470. The number of nitrogens with one attached hydrogen (secondary N) is 2. The van der Waals surface area contributed by atoms with Crippen LogP contribution in [0, 0.1) is 0 Å². The Labute approximate surface area is 901 Å². The van der Waals surface area contributed by atoms with Crippen LogP contribution in [-0.2, 0) is 85.3 Å². The van der Waals surface area contributed by atoms with Crippen molar-refractivity contribution in [3.8, 4) is 44.5 Å². The van der Waals surface area contributed by atoms with Crippen LogP contribution in [0.3, 0.4) is 0 Å². The molecule has 10 aromatic rings. The predicted octanol–water partition coefficient (Wildman–Crippen LogP) is 0.433. The quantitative estimate of drug-likeness (QED) is 0.121. The van der Waals surface area contributed by atoms with Gasteiger partial charge >= 0.3 is 51.4 Å². The van der Waals surface area contributed by atoms with Crippen molar-refractivity contribution in [2.75, 3.05) is 356 Å². The van der Waals surface area contributed by atoms with Gasteiger partial charge in [0.25, 0.3) is 6.71 Å². The van der Waals surface area contributed by atoms with Crippen molar-refractivity contribution in [1.29, 1.82) is 0 Å². The molecule has 0 atom stereocenters. The van der Waals surface area contributed by atoms with Crippen LogP contribution >= 0.6 is 0 Å². The van der Waals surface area contributed by atoms with Gasteiger partial charge in [0, 0.05) is 214 Å². The molecule has 14 heterocycles. The molecule has 14 aliphatic rings. The first-order chi connectivity index (χ1) is 63.7. The SMILES string of the molecule is C1COCCN2CCOCCOCCN(CCO1)CCOCCOCC2.C1COCCN2CCOCCOCCN(CCO1)CCOCCOCC2.C1COCC[NH+]2CCOCCOCC[NH+](CCO1)CCOCCOCC2.[K+].[K].[K].c1cc2c3c4c5c(cccc5cc3c1)-c1c3c5c(c6ccccc16)-c1cccc6[cH-]c7cccc8c7[c+](c16)B5c1c(c-2c2ccccc2c1-8)B34. The molecule has 6 bridgehead atoms. The van der Waals surface area contributed by atoms with Crippen molar-refractivity contribution in [1.82, 2.24) is 19.6 Å². The summed E-state index contributed by atoms with van der Waals surface area (Å²) in [6.45, 7) is 40.8. The molecule has 684 valence electrons. The zero-order chi connectivity index (χ0) is 86.1. The van der Waals surface area contributed by atoms with Crippen LogP contribution in [-0.4, -0.2) is 491 Å². The van der Waals surface area contributed by atoms with E-state index in [1.165, 1.54) is 130 Å². The minimum Gasteiger partial charge on any atom is -0.378 e. The summed E-state index contributed by atoms with van der Waals surface area (Å²) in [7, 11) is 0. The maximum atomic E-state index is 5.73. The van der Waals surface area contributed by atoms with Gasteiger partial charge in [-0.2, -0.15) is 0 Å². The van der Waals surface area contributed by atoms with E-state index in [0.29, 0.717) is 198 Å². The molecule has 2 N–H and O–H groups in total. The Balaban J connectivity index is 0.000000142. The molecule has 14 aliphatic heterocycles. The molecule has 0 saturated carbocycles. The van der Waals surface area contributed by atoms with Crippen LogP contribution in [0.25, 0.3) is 109 Å². The molecule has 9 fully saturated rings. The average molecular weight is 1870 g/mol. The number of fused-ring (bicyclic) bond motifs is 73. The summed E-state index contributed by atoms with van der Waals surface area (Å²) in [5.41, 5.74) is 20.9. The Kier molecular flexibility index (Phi) is 43.1. The van der Waals surface area contributed by atoms with Crippen LogP contribution in [0.1, 0.15) is 0 Å². The number of rotatable bonds is 0. The molecule has 24 rings (SSSR count). The number of nitrogens with zero attached hydrogens (tertiary/aromatic N) is 4. The van der Waals surface area contributed by atoms with Gasteiger partial charge in [0.1, 0.15) is 39.3 Å². The molecular weight excluding hydrogens is 1740 g/mol. The maximum absolute atomic E-state index is 5.73. The third-order valence-electron chi connectivity index (χ3n) is 27.1. The second-order valence-corrected chi connectivity index (χ2v) is 34.7. The molecule has 0 unspecified atom stereocenters. The van der Waals surface area contributed by atoms with Gasteiger partial charge in [0.05, 0.1) is 238 Å². The topological polar surface area (TPSA) is 188 Å². The first kappa shape index (κ1) is 103. The summed E-state index contributed by atoms with van der Waals surface area (Å²) in [6, 6.07) is 52.0. The molecule has 0 amide bonds. The van der Waals surface area contributed by atoms with Crippen molar-refractivity contribution < 1.29 is 146 Å². The van der Waals surface area contributed by atoms with E-state index in [1.807, 2.05) is 0 Å². The third kappa shape index (κ3) is 26.0. The summed E-state index contributed by atoms with van der Waals surface area (Å²) in [4.78, 5) is 12.1. The van der Waals surface area contributed by atoms with E-state index in [2.05, 4.69) is 153 Å². The van der Waals surface area contributed by atoms with E-state index < -0.39 is 0 Å². The van der Waals surface area contributed by atoms with Gasteiger partial charge < -0.3 is 95.1 Å². The van der Waals surface area contributed by atoms with Crippen LogP contribution in [0.15, 0.2) is 133 Å². The number of benzene rings is 10. The molecule has 2 radical (unpaired) electrons. The number of ether oxygens (including phenoxy) is 18. The minimum absolute atomic E-state index is 0. The maximum Gasteiger partial charge on any atom is 1.00 e. The Morgan fingerprint density at radius 3 is 0.733 bits per heavy atom.